The number of anilines is 1. The van der Waals surface area contributed by atoms with Crippen molar-refractivity contribution in [3.05, 3.63) is 29.3 Å². The van der Waals surface area contributed by atoms with Crippen LogP contribution < -0.4 is 11.5 Å². The van der Waals surface area contributed by atoms with Gasteiger partial charge in [0.05, 0.1) is 12.2 Å². The fraction of sp³-hybridized carbons (Fsp3) is 0.167. The highest BCUT2D eigenvalue weighted by atomic mass is 16.5. The van der Waals surface area contributed by atoms with E-state index >= 15 is 0 Å². The lowest BCUT2D eigenvalue weighted by atomic mass is 10.1. The lowest BCUT2D eigenvalue weighted by molar-refractivity contribution is 0.0526. The van der Waals surface area contributed by atoms with E-state index in [-0.39, 0.29) is 18.1 Å². The second-order valence-corrected chi connectivity index (χ2v) is 3.64. The molecule has 4 N–H and O–H groups in total. The van der Waals surface area contributed by atoms with E-state index in [0.717, 1.165) is 0 Å². The van der Waals surface area contributed by atoms with Gasteiger partial charge >= 0.3 is 5.97 Å². The second kappa shape index (κ2) is 4.40. The van der Waals surface area contributed by atoms with E-state index in [4.69, 9.17) is 20.6 Å². The van der Waals surface area contributed by atoms with E-state index in [0.29, 0.717) is 16.5 Å². The molecule has 18 heavy (non-hydrogen) atoms. The summed E-state index contributed by atoms with van der Waals surface area (Å²) in [5.74, 6) is -1.24. The summed E-state index contributed by atoms with van der Waals surface area (Å²) < 4.78 is 10.0. The Morgan fingerprint density at radius 2 is 2.11 bits per heavy atom. The number of hydrogen-bond acceptors (Lipinski definition) is 5. The zero-order valence-electron chi connectivity index (χ0n) is 9.73. The van der Waals surface area contributed by atoms with Gasteiger partial charge in [0.2, 0.25) is 5.88 Å². The summed E-state index contributed by atoms with van der Waals surface area (Å²) >= 11 is 0. The minimum absolute atomic E-state index is 0.0569. The van der Waals surface area contributed by atoms with Gasteiger partial charge in [0.15, 0.2) is 0 Å². The molecule has 0 spiro atoms. The van der Waals surface area contributed by atoms with Crippen LogP contribution in [0, 0.1) is 0 Å². The van der Waals surface area contributed by atoms with Crippen LogP contribution in [0.25, 0.3) is 11.0 Å². The van der Waals surface area contributed by atoms with Crippen LogP contribution in [0.3, 0.4) is 0 Å². The van der Waals surface area contributed by atoms with Gasteiger partial charge in [0.1, 0.15) is 11.1 Å². The normalized spacial score (nSPS) is 10.5. The third-order valence-corrected chi connectivity index (χ3v) is 2.47. The van der Waals surface area contributed by atoms with Crippen molar-refractivity contribution in [2.24, 2.45) is 5.73 Å². The number of amides is 1. The van der Waals surface area contributed by atoms with Gasteiger partial charge in [-0.15, -0.1) is 0 Å². The molecule has 0 unspecified atom stereocenters. The Morgan fingerprint density at radius 1 is 1.39 bits per heavy atom. The predicted octanol–water partition coefficient (Wildman–Crippen LogP) is 1.29. The Hall–Kier alpha value is -2.50. The lowest BCUT2D eigenvalue weighted by Gasteiger charge is -2.01. The van der Waals surface area contributed by atoms with Gasteiger partial charge < -0.3 is 20.6 Å². The first-order valence-electron chi connectivity index (χ1n) is 5.33. The number of carbonyl (C=O) groups is 2. The van der Waals surface area contributed by atoms with E-state index in [1.165, 1.54) is 12.1 Å². The van der Waals surface area contributed by atoms with Crippen LogP contribution in [0.5, 0.6) is 0 Å². The molecule has 0 fully saturated rings. The Kier molecular flexibility index (Phi) is 2.93. The highest BCUT2D eigenvalue weighted by molar-refractivity contribution is 6.10. The average molecular weight is 248 g/mol. The van der Waals surface area contributed by atoms with Crippen LogP contribution in [0.1, 0.15) is 27.6 Å². The summed E-state index contributed by atoms with van der Waals surface area (Å²) in [5, 5.41) is 0.408. The van der Waals surface area contributed by atoms with Crippen LogP contribution in [0.15, 0.2) is 22.6 Å². The van der Waals surface area contributed by atoms with Crippen molar-refractivity contribution in [3.8, 4) is 0 Å². The number of fused-ring (bicyclic) bond motifs is 1. The quantitative estimate of drug-likeness (QED) is 0.795. The van der Waals surface area contributed by atoms with Gasteiger partial charge in [-0.1, -0.05) is 0 Å². The number of carbonyl (C=O) groups excluding carboxylic acids is 2. The maximum atomic E-state index is 11.6. The number of nitrogens with two attached hydrogens (primary N) is 2. The van der Waals surface area contributed by atoms with Crippen LogP contribution >= 0.6 is 0 Å². The van der Waals surface area contributed by atoms with Crippen LogP contribution in [-0.4, -0.2) is 18.5 Å². The number of furan rings is 1. The number of benzene rings is 1. The number of esters is 1. The Bertz CT molecular complexity index is 630. The Labute approximate surface area is 102 Å². The van der Waals surface area contributed by atoms with Crippen molar-refractivity contribution in [3.63, 3.8) is 0 Å². The van der Waals surface area contributed by atoms with Gasteiger partial charge in [-0.25, -0.2) is 4.79 Å². The Morgan fingerprint density at radius 3 is 2.72 bits per heavy atom. The zero-order valence-corrected chi connectivity index (χ0v) is 9.73. The molecule has 6 nitrogen and oxygen atoms in total. The standard InChI is InChI=1S/C12H12N2O4/c1-2-17-12(16)6-3-4-8-7(5-6)9(10(13)15)11(14)18-8/h3-5H,2,14H2,1H3,(H2,13,15). The molecule has 1 aromatic carbocycles. The molecule has 1 heterocycles. The molecule has 6 heteroatoms. The molecule has 0 saturated carbocycles. The predicted molar refractivity (Wildman–Crippen MR) is 65.1 cm³/mol. The van der Waals surface area contributed by atoms with Crippen molar-refractivity contribution in [2.45, 2.75) is 6.92 Å². The van der Waals surface area contributed by atoms with E-state index in [1.807, 2.05) is 0 Å². The van der Waals surface area contributed by atoms with E-state index in [9.17, 15) is 9.59 Å². The van der Waals surface area contributed by atoms with Crippen molar-refractivity contribution in [2.75, 3.05) is 12.3 Å². The first-order chi connectivity index (χ1) is 8.54. The number of ether oxygens (including phenoxy) is 1. The minimum atomic E-state index is -0.702. The van der Waals surface area contributed by atoms with E-state index in [2.05, 4.69) is 0 Å². The number of nitrogen functional groups attached to an aromatic ring is 1. The molecule has 1 amide bonds. The van der Waals surface area contributed by atoms with Gasteiger partial charge in [0, 0.05) is 5.39 Å². The van der Waals surface area contributed by atoms with Crippen molar-refractivity contribution >= 4 is 28.7 Å². The first-order valence-corrected chi connectivity index (χ1v) is 5.33. The van der Waals surface area contributed by atoms with Crippen molar-refractivity contribution in [1.29, 1.82) is 0 Å². The van der Waals surface area contributed by atoms with Crippen LogP contribution in [-0.2, 0) is 4.74 Å². The summed E-state index contributed by atoms with van der Waals surface area (Å²) in [6.07, 6.45) is 0. The molecule has 0 aliphatic rings. The highest BCUT2D eigenvalue weighted by Gasteiger charge is 2.18. The van der Waals surface area contributed by atoms with Gasteiger partial charge in [-0.05, 0) is 25.1 Å². The number of primary amides is 1. The SMILES string of the molecule is CCOC(=O)c1ccc2oc(N)c(C(N)=O)c2c1. The third-order valence-electron chi connectivity index (χ3n) is 2.47. The maximum Gasteiger partial charge on any atom is 0.338 e. The molecule has 2 aromatic rings. The summed E-state index contributed by atoms with van der Waals surface area (Å²) in [4.78, 5) is 22.8. The fourth-order valence-electron chi connectivity index (χ4n) is 1.71. The molecule has 0 saturated heterocycles. The fourth-order valence-corrected chi connectivity index (χ4v) is 1.71. The highest BCUT2D eigenvalue weighted by Crippen LogP contribution is 2.28. The summed E-state index contributed by atoms with van der Waals surface area (Å²) in [5.41, 5.74) is 11.6. The van der Waals surface area contributed by atoms with Gasteiger partial charge in [0.25, 0.3) is 5.91 Å². The molecule has 0 atom stereocenters. The molecule has 0 bridgehead atoms. The maximum absolute atomic E-state index is 11.6. The minimum Gasteiger partial charge on any atom is -0.462 e. The Balaban J connectivity index is 2.59. The molecule has 2 rings (SSSR count). The summed E-state index contributed by atoms with van der Waals surface area (Å²) in [7, 11) is 0. The topological polar surface area (TPSA) is 109 Å². The molecule has 94 valence electrons. The molecular weight excluding hydrogens is 236 g/mol. The lowest BCUT2D eigenvalue weighted by Crippen LogP contribution is -2.12. The molecule has 0 aliphatic heterocycles. The zero-order chi connectivity index (χ0) is 13.3. The summed E-state index contributed by atoms with van der Waals surface area (Å²) in [6, 6.07) is 4.56. The largest absolute Gasteiger partial charge is 0.462 e. The van der Waals surface area contributed by atoms with Crippen molar-refractivity contribution in [1.82, 2.24) is 0 Å². The van der Waals surface area contributed by atoms with Gasteiger partial charge in [-0.3, -0.25) is 4.79 Å². The molecular formula is C12H12N2O4. The van der Waals surface area contributed by atoms with E-state index < -0.39 is 11.9 Å². The van der Waals surface area contributed by atoms with Crippen LogP contribution in [0.4, 0.5) is 5.88 Å². The van der Waals surface area contributed by atoms with Crippen LogP contribution in [0.2, 0.25) is 0 Å². The number of hydrogen-bond donors (Lipinski definition) is 2. The summed E-state index contributed by atoms with van der Waals surface area (Å²) in [6.45, 7) is 1.98. The monoisotopic (exact) mass is 248 g/mol. The smallest absolute Gasteiger partial charge is 0.338 e. The molecule has 0 aliphatic carbocycles. The number of rotatable bonds is 3. The third kappa shape index (κ3) is 1.88. The molecule has 0 radical (unpaired) electrons. The average Bonchev–Trinajstić information content (AvgIpc) is 2.64. The van der Waals surface area contributed by atoms with Crippen molar-refractivity contribution < 1.29 is 18.7 Å². The first kappa shape index (κ1) is 12.0. The molecule has 1 aromatic heterocycles. The second-order valence-electron chi connectivity index (χ2n) is 3.64. The van der Waals surface area contributed by atoms with E-state index in [1.54, 1.807) is 13.0 Å². The van der Waals surface area contributed by atoms with Gasteiger partial charge in [-0.2, -0.15) is 0 Å².